The van der Waals surface area contributed by atoms with Crippen LogP contribution in [0.25, 0.3) is 5.57 Å². The van der Waals surface area contributed by atoms with E-state index in [4.69, 9.17) is 14.3 Å². The highest BCUT2D eigenvalue weighted by atomic mass is 16.6. The number of hydrogen-bond donors (Lipinski definition) is 1. The largest absolute Gasteiger partial charge is 0.469 e. The van der Waals surface area contributed by atoms with E-state index in [2.05, 4.69) is 17.3 Å². The van der Waals surface area contributed by atoms with E-state index in [-0.39, 0.29) is 24.7 Å². The van der Waals surface area contributed by atoms with Crippen LogP contribution < -0.4 is 0 Å². The zero-order valence-corrected chi connectivity index (χ0v) is 19.0. The number of aliphatic hydroxyl groups is 1. The zero-order chi connectivity index (χ0) is 23.0. The number of fused-ring (bicyclic) bond motifs is 1. The number of allylic oxidation sites excluding steroid dienone is 2. The summed E-state index contributed by atoms with van der Waals surface area (Å²) in [6, 6.07) is 8.05. The highest BCUT2D eigenvalue weighted by Gasteiger charge is 2.27. The van der Waals surface area contributed by atoms with Gasteiger partial charge in [-0.15, -0.1) is 0 Å². The van der Waals surface area contributed by atoms with Crippen molar-refractivity contribution < 1.29 is 29.0 Å². The van der Waals surface area contributed by atoms with Crippen molar-refractivity contribution >= 4 is 23.0 Å². The van der Waals surface area contributed by atoms with Crippen LogP contribution in [0, 0.1) is 11.8 Å². The lowest BCUT2D eigenvalue weighted by Crippen LogP contribution is -2.38. The smallest absolute Gasteiger partial charge is 0.309 e. The van der Waals surface area contributed by atoms with Crippen molar-refractivity contribution in [1.29, 1.82) is 0 Å². The predicted octanol–water partition coefficient (Wildman–Crippen LogP) is 3.19. The van der Waals surface area contributed by atoms with Crippen LogP contribution in [-0.2, 0) is 30.3 Å². The molecule has 1 aliphatic carbocycles. The number of ketones is 1. The van der Waals surface area contributed by atoms with Crippen molar-refractivity contribution in [2.75, 3.05) is 20.8 Å². The maximum absolute atomic E-state index is 12.4. The molecule has 1 aromatic carbocycles. The van der Waals surface area contributed by atoms with Crippen LogP contribution in [0.3, 0.4) is 0 Å². The Morgan fingerprint density at radius 1 is 1.19 bits per heavy atom. The average Bonchev–Trinajstić information content (AvgIpc) is 3.15. The van der Waals surface area contributed by atoms with Crippen LogP contribution in [0.5, 0.6) is 0 Å². The molecule has 0 amide bonds. The summed E-state index contributed by atoms with van der Waals surface area (Å²) >= 11 is 0. The Labute approximate surface area is 184 Å². The first-order chi connectivity index (χ1) is 14.8. The Bertz CT molecular complexity index is 829. The number of rotatable bonds is 12. The van der Waals surface area contributed by atoms with Crippen LogP contribution in [-0.4, -0.2) is 55.6 Å². The second-order valence-electron chi connectivity index (χ2n) is 8.15. The van der Waals surface area contributed by atoms with Crippen molar-refractivity contribution in [2.45, 2.75) is 52.2 Å². The third kappa shape index (κ3) is 6.74. The van der Waals surface area contributed by atoms with Crippen LogP contribution >= 0.6 is 0 Å². The fourth-order valence-electron chi connectivity index (χ4n) is 3.82. The molecule has 0 saturated carbocycles. The Morgan fingerprint density at radius 3 is 2.55 bits per heavy atom. The maximum atomic E-state index is 12.4. The summed E-state index contributed by atoms with van der Waals surface area (Å²) in [6.07, 6.45) is 1.99. The molecule has 7 heteroatoms. The highest BCUT2D eigenvalue weighted by Crippen LogP contribution is 2.33. The van der Waals surface area contributed by atoms with Gasteiger partial charge < -0.3 is 19.4 Å². The van der Waals surface area contributed by atoms with Gasteiger partial charge in [0.05, 0.1) is 24.8 Å². The van der Waals surface area contributed by atoms with Crippen LogP contribution in [0.1, 0.15) is 44.7 Å². The number of methoxy groups -OCH3 is 2. The first kappa shape index (κ1) is 24.8. The zero-order valence-electron chi connectivity index (χ0n) is 19.0. The van der Waals surface area contributed by atoms with E-state index in [0.29, 0.717) is 12.1 Å². The summed E-state index contributed by atoms with van der Waals surface area (Å²) in [5, 5.41) is 14.2. The van der Waals surface area contributed by atoms with Gasteiger partial charge in [0.2, 0.25) is 0 Å². The van der Waals surface area contributed by atoms with Crippen LogP contribution in [0.2, 0.25) is 0 Å². The standard InChI is InChI=1S/C24H33NO6/c1-15(2)23(29-4)22(27)16(3)25-31-14-20(26)13-19(24(28)30-5)12-18-11-10-17-8-6-7-9-21(17)18/h6-9,11,15,19,22-23,27H,10,12-14H2,1-5H3/b25-16+/t19-,22+,23+/m1/s1. The predicted molar refractivity (Wildman–Crippen MR) is 119 cm³/mol. The SMILES string of the molecule is COC(=O)[C@@H](CC(=O)CO/N=C(\C)[C@H](O)[C@@H](OC)C(C)C)CC1=CCc2ccccc21. The van der Waals surface area contributed by atoms with Crippen molar-refractivity contribution in [3.8, 4) is 0 Å². The molecule has 0 fully saturated rings. The normalized spacial score (nSPS) is 16.4. The summed E-state index contributed by atoms with van der Waals surface area (Å²) in [4.78, 5) is 29.9. The van der Waals surface area contributed by atoms with Crippen molar-refractivity contribution in [2.24, 2.45) is 17.0 Å². The molecule has 0 heterocycles. The van der Waals surface area contributed by atoms with Gasteiger partial charge in [-0.3, -0.25) is 9.59 Å². The molecule has 3 atom stereocenters. The Morgan fingerprint density at radius 2 is 1.90 bits per heavy atom. The summed E-state index contributed by atoms with van der Waals surface area (Å²) in [5.74, 6) is -1.19. The lowest BCUT2D eigenvalue weighted by atomic mass is 9.91. The third-order valence-corrected chi connectivity index (χ3v) is 5.51. The van der Waals surface area contributed by atoms with Crippen molar-refractivity contribution in [1.82, 2.24) is 0 Å². The molecule has 170 valence electrons. The highest BCUT2D eigenvalue weighted by molar-refractivity contribution is 5.88. The monoisotopic (exact) mass is 431 g/mol. The Balaban J connectivity index is 1.94. The number of ether oxygens (including phenoxy) is 2. The molecule has 0 saturated heterocycles. The molecule has 0 unspecified atom stereocenters. The molecule has 1 aliphatic rings. The van der Waals surface area contributed by atoms with E-state index in [1.807, 2.05) is 32.0 Å². The molecule has 31 heavy (non-hydrogen) atoms. The first-order valence-electron chi connectivity index (χ1n) is 10.5. The summed E-state index contributed by atoms with van der Waals surface area (Å²) in [7, 11) is 2.85. The molecular weight excluding hydrogens is 398 g/mol. The van der Waals surface area contributed by atoms with Crippen LogP contribution in [0.4, 0.5) is 0 Å². The second kappa shape index (κ2) is 11.8. The summed E-state index contributed by atoms with van der Waals surface area (Å²) < 4.78 is 10.2. The minimum atomic E-state index is -0.933. The fraction of sp³-hybridized carbons (Fsp3) is 0.542. The molecule has 1 N–H and O–H groups in total. The minimum absolute atomic E-state index is 0.00398. The average molecular weight is 432 g/mol. The molecule has 0 aliphatic heterocycles. The van der Waals surface area contributed by atoms with Gasteiger partial charge in [0.1, 0.15) is 6.10 Å². The quantitative estimate of drug-likeness (QED) is 0.310. The number of hydrogen-bond acceptors (Lipinski definition) is 7. The number of Topliss-reactive ketones (excluding diaryl/α,β-unsaturated/α-hetero) is 1. The molecule has 0 radical (unpaired) electrons. The van der Waals surface area contributed by atoms with E-state index in [1.165, 1.54) is 19.8 Å². The van der Waals surface area contributed by atoms with E-state index in [0.717, 1.165) is 17.6 Å². The van der Waals surface area contributed by atoms with Gasteiger partial charge in [0, 0.05) is 13.5 Å². The lowest BCUT2D eigenvalue weighted by molar-refractivity contribution is -0.147. The topological polar surface area (TPSA) is 94.4 Å². The van der Waals surface area contributed by atoms with Gasteiger partial charge in [-0.05, 0) is 42.4 Å². The number of esters is 1. The number of carbonyl (C=O) groups is 2. The molecule has 0 aromatic heterocycles. The van der Waals surface area contributed by atoms with E-state index in [9.17, 15) is 14.7 Å². The molecule has 2 rings (SSSR count). The molecule has 0 bridgehead atoms. The number of oxime groups is 1. The van der Waals surface area contributed by atoms with Gasteiger partial charge in [-0.1, -0.05) is 49.3 Å². The molecule has 1 aromatic rings. The van der Waals surface area contributed by atoms with Gasteiger partial charge in [0.15, 0.2) is 12.4 Å². The van der Waals surface area contributed by atoms with Crippen molar-refractivity contribution in [3.05, 3.63) is 41.5 Å². The summed E-state index contributed by atoms with van der Waals surface area (Å²) in [6.45, 7) is 5.19. The minimum Gasteiger partial charge on any atom is -0.469 e. The van der Waals surface area contributed by atoms with E-state index >= 15 is 0 Å². The molecular formula is C24H33NO6. The molecule has 0 spiro atoms. The van der Waals surface area contributed by atoms with Crippen molar-refractivity contribution in [3.63, 3.8) is 0 Å². The number of aliphatic hydroxyl groups excluding tert-OH is 1. The van der Waals surface area contributed by atoms with E-state index < -0.39 is 24.1 Å². The van der Waals surface area contributed by atoms with Gasteiger partial charge >= 0.3 is 5.97 Å². The lowest BCUT2D eigenvalue weighted by Gasteiger charge is -2.24. The van der Waals surface area contributed by atoms with E-state index in [1.54, 1.807) is 6.92 Å². The van der Waals surface area contributed by atoms with Crippen LogP contribution in [0.15, 0.2) is 35.5 Å². The number of carbonyl (C=O) groups excluding carboxylic acids is 2. The third-order valence-electron chi connectivity index (χ3n) is 5.51. The maximum Gasteiger partial charge on any atom is 0.309 e. The van der Waals surface area contributed by atoms with Gasteiger partial charge in [-0.2, -0.15) is 0 Å². The fourth-order valence-corrected chi connectivity index (χ4v) is 3.82. The second-order valence-corrected chi connectivity index (χ2v) is 8.15. The number of nitrogens with zero attached hydrogens (tertiary/aromatic N) is 1. The van der Waals surface area contributed by atoms with Gasteiger partial charge in [0.25, 0.3) is 0 Å². The Hall–Kier alpha value is -2.51. The first-order valence-corrected chi connectivity index (χ1v) is 10.5. The molecule has 7 nitrogen and oxygen atoms in total. The Kier molecular flexibility index (Phi) is 9.40. The summed E-state index contributed by atoms with van der Waals surface area (Å²) in [5.41, 5.74) is 3.71. The number of benzene rings is 1. The van der Waals surface area contributed by atoms with Gasteiger partial charge in [-0.25, -0.2) is 0 Å².